The number of alkyl halides is 1. The lowest BCUT2D eigenvalue weighted by atomic mass is 10.3. The quantitative estimate of drug-likeness (QED) is 0.767. The molecule has 0 bridgehead atoms. The Kier molecular flexibility index (Phi) is 4.84. The van der Waals surface area contributed by atoms with Crippen molar-refractivity contribution in [1.29, 1.82) is 0 Å². The van der Waals surface area contributed by atoms with Gasteiger partial charge in [-0.1, -0.05) is 28.9 Å². The third-order valence-corrected chi connectivity index (χ3v) is 2.85. The van der Waals surface area contributed by atoms with Gasteiger partial charge in [-0.05, 0) is 12.1 Å². The van der Waals surface area contributed by atoms with E-state index in [-0.39, 0.29) is 0 Å². The number of halogens is 2. The van der Waals surface area contributed by atoms with Crippen molar-refractivity contribution >= 4 is 23.2 Å². The summed E-state index contributed by atoms with van der Waals surface area (Å²) in [5, 5.41) is 8.59. The molecule has 0 aliphatic heterocycles. The third-order valence-electron chi connectivity index (χ3n) is 2.35. The van der Waals surface area contributed by atoms with Crippen LogP contribution >= 0.6 is 23.2 Å². The summed E-state index contributed by atoms with van der Waals surface area (Å²) < 4.78 is 7.30. The Morgan fingerprint density at radius 1 is 1.28 bits per heavy atom. The molecule has 0 N–H and O–H groups in total. The maximum Gasteiger partial charge on any atom is 0.137 e. The van der Waals surface area contributed by atoms with E-state index in [1.54, 1.807) is 10.7 Å². The van der Waals surface area contributed by atoms with Gasteiger partial charge >= 0.3 is 0 Å². The molecule has 0 aliphatic carbocycles. The number of hydrogen-bond donors (Lipinski definition) is 0. The first-order valence-electron chi connectivity index (χ1n) is 5.62. The van der Waals surface area contributed by atoms with Crippen LogP contribution in [-0.2, 0) is 13.0 Å². The van der Waals surface area contributed by atoms with E-state index in [1.807, 2.05) is 24.4 Å². The van der Waals surface area contributed by atoms with Crippen molar-refractivity contribution in [3.05, 3.63) is 41.2 Å². The molecule has 0 saturated carbocycles. The van der Waals surface area contributed by atoms with E-state index in [0.717, 1.165) is 12.1 Å². The Morgan fingerprint density at radius 2 is 2.11 bits per heavy atom. The van der Waals surface area contributed by atoms with Gasteiger partial charge in [-0.2, -0.15) is 0 Å². The van der Waals surface area contributed by atoms with Gasteiger partial charge in [-0.3, -0.25) is 0 Å². The van der Waals surface area contributed by atoms with E-state index < -0.39 is 0 Å². The van der Waals surface area contributed by atoms with E-state index in [2.05, 4.69) is 10.3 Å². The van der Waals surface area contributed by atoms with Crippen molar-refractivity contribution in [3.63, 3.8) is 0 Å². The summed E-state index contributed by atoms with van der Waals surface area (Å²) in [5.74, 6) is 1.23. The van der Waals surface area contributed by atoms with Gasteiger partial charge in [-0.15, -0.1) is 16.7 Å². The lowest BCUT2D eigenvalue weighted by Crippen LogP contribution is -2.08. The number of rotatable bonds is 6. The summed E-state index contributed by atoms with van der Waals surface area (Å²) in [6, 6.07) is 7.38. The Labute approximate surface area is 115 Å². The molecule has 18 heavy (non-hydrogen) atoms. The lowest BCUT2D eigenvalue weighted by molar-refractivity contribution is 0.290. The molecular formula is C12H13Cl2N3O. The molecule has 0 atom stereocenters. The summed E-state index contributed by atoms with van der Waals surface area (Å²) in [6.45, 7) is 1.12. The average molecular weight is 286 g/mol. The highest BCUT2D eigenvalue weighted by atomic mass is 35.5. The van der Waals surface area contributed by atoms with E-state index in [9.17, 15) is 0 Å². The second kappa shape index (κ2) is 6.61. The Hall–Kier alpha value is -1.26. The van der Waals surface area contributed by atoms with Crippen molar-refractivity contribution in [2.75, 3.05) is 12.5 Å². The Morgan fingerprint density at radius 3 is 2.89 bits per heavy atom. The number of aryl methyl sites for hydroxylation is 1. The van der Waals surface area contributed by atoms with Crippen molar-refractivity contribution in [2.45, 2.75) is 13.0 Å². The molecule has 0 saturated heterocycles. The molecule has 2 aromatic rings. The normalized spacial score (nSPS) is 10.6. The molecule has 6 heteroatoms. The fraction of sp³-hybridized carbons (Fsp3) is 0.333. The van der Waals surface area contributed by atoms with Gasteiger partial charge in [0.05, 0.1) is 17.3 Å². The highest BCUT2D eigenvalue weighted by molar-refractivity contribution is 6.32. The maximum absolute atomic E-state index is 5.98. The van der Waals surface area contributed by atoms with Crippen LogP contribution in [0.1, 0.15) is 5.69 Å². The first-order valence-corrected chi connectivity index (χ1v) is 6.53. The van der Waals surface area contributed by atoms with Crippen LogP contribution in [0.25, 0.3) is 0 Å². The number of nitrogens with zero attached hydrogens (tertiary/aromatic N) is 3. The van der Waals surface area contributed by atoms with Crippen molar-refractivity contribution in [1.82, 2.24) is 15.0 Å². The predicted octanol–water partition coefficient (Wildman–Crippen LogP) is 2.79. The smallest absolute Gasteiger partial charge is 0.137 e. The highest BCUT2D eigenvalue weighted by Crippen LogP contribution is 2.22. The number of aromatic nitrogens is 3. The van der Waals surface area contributed by atoms with E-state index in [0.29, 0.717) is 29.8 Å². The van der Waals surface area contributed by atoms with Crippen molar-refractivity contribution < 1.29 is 4.74 Å². The number of para-hydroxylation sites is 1. The monoisotopic (exact) mass is 285 g/mol. The molecule has 0 unspecified atom stereocenters. The summed E-state index contributed by atoms with van der Waals surface area (Å²) in [6.07, 6.45) is 2.60. The zero-order valence-corrected chi connectivity index (χ0v) is 11.2. The van der Waals surface area contributed by atoms with Gasteiger partial charge in [-0.25, -0.2) is 4.68 Å². The fourth-order valence-electron chi connectivity index (χ4n) is 1.47. The molecule has 0 spiro atoms. The number of benzene rings is 1. The molecule has 0 fully saturated rings. The first kappa shape index (κ1) is 13.2. The summed E-state index contributed by atoms with van der Waals surface area (Å²) >= 11 is 11.6. The second-order valence-electron chi connectivity index (χ2n) is 3.69. The van der Waals surface area contributed by atoms with Gasteiger partial charge in [0.25, 0.3) is 0 Å². The minimum atomic E-state index is 0.493. The molecule has 1 heterocycles. The lowest BCUT2D eigenvalue weighted by Gasteiger charge is -2.07. The van der Waals surface area contributed by atoms with Gasteiger partial charge in [0.2, 0.25) is 0 Å². The molecule has 0 amide bonds. The molecule has 1 aromatic heterocycles. The Bertz CT molecular complexity index is 502. The first-order chi connectivity index (χ1) is 8.79. The molecule has 0 aliphatic rings. The minimum absolute atomic E-state index is 0.493. The number of hydrogen-bond acceptors (Lipinski definition) is 3. The van der Waals surface area contributed by atoms with Crippen molar-refractivity contribution in [2.24, 2.45) is 0 Å². The van der Waals surface area contributed by atoms with Gasteiger partial charge in [0.15, 0.2) is 0 Å². The van der Waals surface area contributed by atoms with Gasteiger partial charge in [0, 0.05) is 18.5 Å². The van der Waals surface area contributed by atoms with Crippen LogP contribution in [0.15, 0.2) is 30.5 Å². The van der Waals surface area contributed by atoms with Crippen LogP contribution in [-0.4, -0.2) is 27.5 Å². The fourth-order valence-corrected chi connectivity index (χ4v) is 1.85. The van der Waals surface area contributed by atoms with E-state index in [4.69, 9.17) is 27.9 Å². The van der Waals surface area contributed by atoms with Crippen LogP contribution in [0.4, 0.5) is 0 Å². The zero-order chi connectivity index (χ0) is 12.8. The summed E-state index contributed by atoms with van der Waals surface area (Å²) in [7, 11) is 0. The number of ether oxygens (including phenoxy) is 1. The topological polar surface area (TPSA) is 39.9 Å². The molecule has 1 aromatic carbocycles. The Balaban J connectivity index is 1.83. The van der Waals surface area contributed by atoms with Crippen LogP contribution in [0, 0.1) is 0 Å². The molecule has 0 radical (unpaired) electrons. The highest BCUT2D eigenvalue weighted by Gasteiger charge is 2.02. The summed E-state index contributed by atoms with van der Waals surface area (Å²) in [4.78, 5) is 0. The minimum Gasteiger partial charge on any atom is -0.490 e. The zero-order valence-electron chi connectivity index (χ0n) is 9.72. The van der Waals surface area contributed by atoms with Crippen LogP contribution in [0.5, 0.6) is 5.75 Å². The van der Waals surface area contributed by atoms with E-state index >= 15 is 0 Å². The third kappa shape index (κ3) is 3.62. The molecule has 2 rings (SSSR count). The van der Waals surface area contributed by atoms with Crippen LogP contribution in [0.2, 0.25) is 5.02 Å². The standard InChI is InChI=1S/C12H13Cl2N3O/c13-6-5-10-9-17(16-15-10)7-8-18-12-4-2-1-3-11(12)14/h1-4,9H,5-8H2. The molecule has 4 nitrogen and oxygen atoms in total. The van der Waals surface area contributed by atoms with Gasteiger partial charge < -0.3 is 4.74 Å². The molecular weight excluding hydrogens is 273 g/mol. The van der Waals surface area contributed by atoms with Crippen LogP contribution in [0.3, 0.4) is 0 Å². The SMILES string of the molecule is ClCCc1cn(CCOc2ccccc2Cl)nn1. The predicted molar refractivity (Wildman–Crippen MR) is 71.4 cm³/mol. The van der Waals surface area contributed by atoms with Crippen molar-refractivity contribution in [3.8, 4) is 5.75 Å². The summed E-state index contributed by atoms with van der Waals surface area (Å²) in [5.41, 5.74) is 0.891. The average Bonchev–Trinajstić information content (AvgIpc) is 2.80. The van der Waals surface area contributed by atoms with Crippen LogP contribution < -0.4 is 4.74 Å². The van der Waals surface area contributed by atoms with E-state index in [1.165, 1.54) is 0 Å². The maximum atomic E-state index is 5.98. The van der Waals surface area contributed by atoms with Gasteiger partial charge in [0.1, 0.15) is 12.4 Å². The largest absolute Gasteiger partial charge is 0.490 e. The molecule has 96 valence electrons. The second-order valence-corrected chi connectivity index (χ2v) is 4.48.